The van der Waals surface area contributed by atoms with E-state index in [0.717, 1.165) is 5.69 Å². The fraction of sp³-hybridized carbons (Fsp3) is 0.235. The first-order chi connectivity index (χ1) is 11.4. The highest BCUT2D eigenvalue weighted by Gasteiger charge is 2.12. The van der Waals surface area contributed by atoms with Gasteiger partial charge in [0.05, 0.1) is 6.42 Å². The highest BCUT2D eigenvalue weighted by molar-refractivity contribution is 6.03. The third-order valence-electron chi connectivity index (χ3n) is 3.63. The molecule has 1 aromatic carbocycles. The number of carbonyl (C=O) groups is 3. The molecule has 126 valence electrons. The molecule has 2 amide bonds. The average Bonchev–Trinajstić information content (AvgIpc) is 2.87. The van der Waals surface area contributed by atoms with Gasteiger partial charge in [0.25, 0.3) is 11.8 Å². The van der Waals surface area contributed by atoms with E-state index < -0.39 is 5.97 Å². The van der Waals surface area contributed by atoms with E-state index in [2.05, 4.69) is 10.6 Å². The van der Waals surface area contributed by atoms with Gasteiger partial charge in [-0.05, 0) is 43.3 Å². The summed E-state index contributed by atoms with van der Waals surface area (Å²) in [5.41, 5.74) is 2.49. The standard InChI is InChI=1S/C17H19N3O4/c1-11-3-8-14(20(11)2)17(24)19-13-6-4-12(5-7-13)16(23)18-10-9-15(21)22/h3-8H,9-10H2,1-2H3,(H,18,23)(H,19,24)(H,21,22). The summed E-state index contributed by atoms with van der Waals surface area (Å²) in [6.07, 6.45) is -0.129. The third-order valence-corrected chi connectivity index (χ3v) is 3.63. The second-order valence-corrected chi connectivity index (χ2v) is 5.35. The third kappa shape index (κ3) is 4.22. The van der Waals surface area contributed by atoms with Gasteiger partial charge in [0.2, 0.25) is 0 Å². The Hall–Kier alpha value is -3.09. The van der Waals surface area contributed by atoms with Gasteiger partial charge in [0.15, 0.2) is 0 Å². The van der Waals surface area contributed by atoms with Crippen LogP contribution in [0, 0.1) is 6.92 Å². The normalized spacial score (nSPS) is 10.2. The molecule has 0 spiro atoms. The van der Waals surface area contributed by atoms with E-state index in [1.165, 1.54) is 0 Å². The molecular weight excluding hydrogens is 310 g/mol. The topological polar surface area (TPSA) is 100 Å². The fourth-order valence-electron chi connectivity index (χ4n) is 2.13. The second-order valence-electron chi connectivity index (χ2n) is 5.35. The number of benzene rings is 1. The first kappa shape index (κ1) is 17.3. The smallest absolute Gasteiger partial charge is 0.305 e. The Morgan fingerprint density at radius 2 is 1.71 bits per heavy atom. The maximum absolute atomic E-state index is 12.2. The quantitative estimate of drug-likeness (QED) is 0.752. The van der Waals surface area contributed by atoms with E-state index in [9.17, 15) is 14.4 Å². The molecule has 7 nitrogen and oxygen atoms in total. The van der Waals surface area contributed by atoms with E-state index in [1.54, 1.807) is 34.9 Å². The van der Waals surface area contributed by atoms with Gasteiger partial charge in [-0.2, -0.15) is 0 Å². The largest absolute Gasteiger partial charge is 0.481 e. The Morgan fingerprint density at radius 3 is 2.25 bits per heavy atom. The summed E-state index contributed by atoms with van der Waals surface area (Å²) in [7, 11) is 1.81. The molecule has 2 aromatic rings. The molecule has 0 aliphatic rings. The highest BCUT2D eigenvalue weighted by atomic mass is 16.4. The van der Waals surface area contributed by atoms with E-state index in [0.29, 0.717) is 16.9 Å². The predicted octanol–water partition coefficient (Wildman–Crippen LogP) is 1.79. The lowest BCUT2D eigenvalue weighted by atomic mass is 10.2. The van der Waals surface area contributed by atoms with Crippen molar-refractivity contribution in [2.45, 2.75) is 13.3 Å². The van der Waals surface area contributed by atoms with Crippen LogP contribution in [0.4, 0.5) is 5.69 Å². The van der Waals surface area contributed by atoms with Crippen LogP contribution in [0.3, 0.4) is 0 Å². The number of aliphatic carboxylic acids is 1. The monoisotopic (exact) mass is 329 g/mol. The van der Waals surface area contributed by atoms with Gasteiger partial charge in [-0.3, -0.25) is 14.4 Å². The van der Waals surface area contributed by atoms with Crippen LogP contribution >= 0.6 is 0 Å². The number of anilines is 1. The summed E-state index contributed by atoms with van der Waals surface area (Å²) in [4.78, 5) is 34.5. The number of nitrogens with zero attached hydrogens (tertiary/aromatic N) is 1. The minimum atomic E-state index is -0.968. The molecule has 0 saturated heterocycles. The van der Waals surface area contributed by atoms with Crippen LogP contribution in [-0.4, -0.2) is 34.0 Å². The number of aromatic nitrogens is 1. The first-order valence-electron chi connectivity index (χ1n) is 7.42. The molecule has 24 heavy (non-hydrogen) atoms. The molecule has 0 unspecified atom stereocenters. The van der Waals surface area contributed by atoms with Crippen molar-refractivity contribution in [1.29, 1.82) is 0 Å². The maximum Gasteiger partial charge on any atom is 0.305 e. The van der Waals surface area contributed by atoms with Gasteiger partial charge < -0.3 is 20.3 Å². The molecule has 1 aromatic heterocycles. The number of aryl methyl sites for hydroxylation is 1. The summed E-state index contributed by atoms with van der Waals surface area (Å²) in [5, 5.41) is 13.8. The molecule has 0 saturated carbocycles. The van der Waals surface area contributed by atoms with Gasteiger partial charge in [-0.1, -0.05) is 0 Å². The van der Waals surface area contributed by atoms with Crippen molar-refractivity contribution in [1.82, 2.24) is 9.88 Å². The summed E-state index contributed by atoms with van der Waals surface area (Å²) in [5.74, 6) is -1.55. The zero-order chi connectivity index (χ0) is 17.7. The number of carbonyl (C=O) groups excluding carboxylic acids is 2. The molecule has 0 radical (unpaired) electrons. The average molecular weight is 329 g/mol. The van der Waals surface area contributed by atoms with Crippen LogP contribution in [0.25, 0.3) is 0 Å². The van der Waals surface area contributed by atoms with Crippen molar-refractivity contribution < 1.29 is 19.5 Å². The Bertz CT molecular complexity index is 763. The van der Waals surface area contributed by atoms with Gasteiger partial charge in [-0.15, -0.1) is 0 Å². The van der Waals surface area contributed by atoms with E-state index in [1.807, 2.05) is 20.0 Å². The van der Waals surface area contributed by atoms with Gasteiger partial charge in [0.1, 0.15) is 5.69 Å². The Kier molecular flexibility index (Phi) is 5.36. The summed E-state index contributed by atoms with van der Waals surface area (Å²) in [6.45, 7) is 1.98. The van der Waals surface area contributed by atoms with Crippen LogP contribution in [0.5, 0.6) is 0 Å². The molecule has 0 atom stereocenters. The molecular formula is C17H19N3O4. The SMILES string of the molecule is Cc1ccc(C(=O)Nc2ccc(C(=O)NCCC(=O)O)cc2)n1C. The van der Waals surface area contributed by atoms with E-state index in [-0.39, 0.29) is 24.8 Å². The van der Waals surface area contributed by atoms with Crippen molar-refractivity contribution in [2.75, 3.05) is 11.9 Å². The van der Waals surface area contributed by atoms with Crippen molar-refractivity contribution >= 4 is 23.5 Å². The van der Waals surface area contributed by atoms with Gasteiger partial charge in [-0.25, -0.2) is 0 Å². The number of hydrogen-bond donors (Lipinski definition) is 3. The van der Waals surface area contributed by atoms with E-state index >= 15 is 0 Å². The molecule has 0 bridgehead atoms. The molecule has 0 aliphatic heterocycles. The van der Waals surface area contributed by atoms with E-state index in [4.69, 9.17) is 5.11 Å². The molecule has 2 rings (SSSR count). The molecule has 7 heteroatoms. The number of nitrogens with one attached hydrogen (secondary N) is 2. The van der Waals surface area contributed by atoms with Crippen LogP contribution in [0.2, 0.25) is 0 Å². The van der Waals surface area contributed by atoms with Crippen LogP contribution in [0.1, 0.15) is 33.0 Å². The lowest BCUT2D eigenvalue weighted by molar-refractivity contribution is -0.136. The minimum Gasteiger partial charge on any atom is -0.481 e. The molecule has 3 N–H and O–H groups in total. The van der Waals surface area contributed by atoms with Crippen LogP contribution in [-0.2, 0) is 11.8 Å². The lowest BCUT2D eigenvalue weighted by Gasteiger charge is -2.08. The molecule has 0 aliphatic carbocycles. The number of hydrogen-bond acceptors (Lipinski definition) is 3. The van der Waals surface area contributed by atoms with Crippen molar-refractivity contribution in [3.05, 3.63) is 53.3 Å². The molecule has 1 heterocycles. The van der Waals surface area contributed by atoms with Crippen molar-refractivity contribution in [3.63, 3.8) is 0 Å². The Morgan fingerprint density at radius 1 is 1.04 bits per heavy atom. The molecule has 0 fully saturated rings. The number of rotatable bonds is 6. The second kappa shape index (κ2) is 7.45. The van der Waals surface area contributed by atoms with Crippen LogP contribution < -0.4 is 10.6 Å². The fourth-order valence-corrected chi connectivity index (χ4v) is 2.13. The highest BCUT2D eigenvalue weighted by Crippen LogP contribution is 2.13. The zero-order valence-corrected chi connectivity index (χ0v) is 13.5. The predicted molar refractivity (Wildman–Crippen MR) is 89.1 cm³/mol. The number of carboxylic acid groups (broad SMARTS) is 1. The number of carboxylic acids is 1. The minimum absolute atomic E-state index is 0.0689. The zero-order valence-electron chi connectivity index (χ0n) is 13.5. The summed E-state index contributed by atoms with van der Waals surface area (Å²) < 4.78 is 1.79. The van der Waals surface area contributed by atoms with Gasteiger partial charge >= 0.3 is 5.97 Å². The van der Waals surface area contributed by atoms with Gasteiger partial charge in [0, 0.05) is 30.5 Å². The summed E-state index contributed by atoms with van der Waals surface area (Å²) in [6, 6.07) is 10.00. The summed E-state index contributed by atoms with van der Waals surface area (Å²) >= 11 is 0. The van der Waals surface area contributed by atoms with Crippen LogP contribution in [0.15, 0.2) is 36.4 Å². The van der Waals surface area contributed by atoms with Crippen molar-refractivity contribution in [3.8, 4) is 0 Å². The first-order valence-corrected chi connectivity index (χ1v) is 7.42. The van der Waals surface area contributed by atoms with Crippen molar-refractivity contribution in [2.24, 2.45) is 7.05 Å². The maximum atomic E-state index is 12.2. The Balaban J connectivity index is 1.96. The Labute approximate surface area is 139 Å². The lowest BCUT2D eigenvalue weighted by Crippen LogP contribution is -2.26. The number of amides is 2.